The molecule has 0 aromatic heterocycles. The van der Waals surface area contributed by atoms with Crippen LogP contribution in [0.2, 0.25) is 0 Å². The lowest BCUT2D eigenvalue weighted by Gasteiger charge is -2.38. The highest BCUT2D eigenvalue weighted by molar-refractivity contribution is 4.81. The summed E-state index contributed by atoms with van der Waals surface area (Å²) in [5, 5.41) is 0. The van der Waals surface area contributed by atoms with E-state index in [-0.39, 0.29) is 0 Å². The van der Waals surface area contributed by atoms with Crippen molar-refractivity contribution in [2.75, 3.05) is 0 Å². The van der Waals surface area contributed by atoms with E-state index >= 15 is 0 Å². The zero-order valence-electron chi connectivity index (χ0n) is 6.97. The zero-order valence-corrected chi connectivity index (χ0v) is 6.97. The van der Waals surface area contributed by atoms with Crippen LogP contribution in [0.15, 0.2) is 0 Å². The normalized spacial score (nSPS) is 47.1. The molecule has 2 fully saturated rings. The van der Waals surface area contributed by atoms with Crippen LogP contribution in [0.3, 0.4) is 0 Å². The van der Waals surface area contributed by atoms with Crippen molar-refractivity contribution in [2.45, 2.75) is 45.4 Å². The first kappa shape index (κ1) is 6.69. The van der Waals surface area contributed by atoms with Crippen LogP contribution in [0.5, 0.6) is 0 Å². The van der Waals surface area contributed by atoms with Gasteiger partial charge in [0.2, 0.25) is 0 Å². The molecule has 0 aromatic rings. The molecule has 0 heteroatoms. The van der Waals surface area contributed by atoms with Gasteiger partial charge in [0.1, 0.15) is 0 Å². The molecule has 58 valence electrons. The van der Waals surface area contributed by atoms with Gasteiger partial charge in [0.25, 0.3) is 0 Å². The lowest BCUT2D eigenvalue weighted by Crippen LogP contribution is -2.26. The first-order valence-corrected chi connectivity index (χ1v) is 4.86. The quantitative estimate of drug-likeness (QED) is 0.482. The number of hydrogen-bond acceptors (Lipinski definition) is 0. The Balaban J connectivity index is 2.00. The Hall–Kier alpha value is 0. The predicted molar refractivity (Wildman–Crippen MR) is 43.8 cm³/mol. The second-order valence-corrected chi connectivity index (χ2v) is 4.35. The molecule has 0 aliphatic heterocycles. The van der Waals surface area contributed by atoms with Gasteiger partial charge in [-0.3, -0.25) is 0 Å². The molecule has 0 N–H and O–H groups in total. The van der Waals surface area contributed by atoms with Crippen molar-refractivity contribution in [1.82, 2.24) is 0 Å². The standard InChI is InChI=1S/C10H18/c1-8-5-6-9-3-2-4-10(8)7-9/h8-10H,2-7H2,1H3/t8?,9-,10?/m0/s1. The van der Waals surface area contributed by atoms with E-state index in [4.69, 9.17) is 0 Å². The van der Waals surface area contributed by atoms with Crippen molar-refractivity contribution >= 4 is 0 Å². The Labute approximate surface area is 64.0 Å². The molecule has 2 rings (SSSR count). The van der Waals surface area contributed by atoms with Gasteiger partial charge in [-0.15, -0.1) is 0 Å². The fourth-order valence-corrected chi connectivity index (χ4v) is 2.85. The summed E-state index contributed by atoms with van der Waals surface area (Å²) < 4.78 is 0. The molecule has 2 unspecified atom stereocenters. The Morgan fingerprint density at radius 3 is 2.70 bits per heavy atom. The Morgan fingerprint density at radius 1 is 1.00 bits per heavy atom. The average Bonchev–Trinajstić information content (AvgIpc) is 1.99. The fourth-order valence-electron chi connectivity index (χ4n) is 2.85. The maximum Gasteiger partial charge on any atom is -0.0386 e. The van der Waals surface area contributed by atoms with E-state index < -0.39 is 0 Å². The molecule has 0 radical (unpaired) electrons. The van der Waals surface area contributed by atoms with Crippen molar-refractivity contribution < 1.29 is 0 Å². The SMILES string of the molecule is CC1CC[C@@H]2CCCC1C2. The van der Waals surface area contributed by atoms with E-state index in [0.29, 0.717) is 0 Å². The van der Waals surface area contributed by atoms with E-state index in [1.165, 1.54) is 25.7 Å². The molecule has 2 bridgehead atoms. The maximum absolute atomic E-state index is 2.45. The van der Waals surface area contributed by atoms with Crippen LogP contribution in [0, 0.1) is 17.8 Å². The highest BCUT2D eigenvalue weighted by Crippen LogP contribution is 2.42. The number of rotatable bonds is 0. The van der Waals surface area contributed by atoms with E-state index in [0.717, 1.165) is 17.8 Å². The first-order valence-electron chi connectivity index (χ1n) is 4.86. The monoisotopic (exact) mass is 138 g/mol. The molecule has 3 atom stereocenters. The number of hydrogen-bond donors (Lipinski definition) is 0. The fraction of sp³-hybridized carbons (Fsp3) is 1.00. The van der Waals surface area contributed by atoms with Gasteiger partial charge in [-0.2, -0.15) is 0 Å². The van der Waals surface area contributed by atoms with Crippen LogP contribution in [-0.4, -0.2) is 0 Å². The summed E-state index contributed by atoms with van der Waals surface area (Å²) in [7, 11) is 0. The largest absolute Gasteiger partial charge is 0.0622 e. The van der Waals surface area contributed by atoms with Gasteiger partial charge in [-0.25, -0.2) is 0 Å². The highest BCUT2D eigenvalue weighted by Gasteiger charge is 2.30. The second kappa shape index (κ2) is 2.56. The minimum Gasteiger partial charge on any atom is -0.0622 e. The van der Waals surface area contributed by atoms with Crippen LogP contribution < -0.4 is 0 Å². The van der Waals surface area contributed by atoms with Gasteiger partial charge in [0, 0.05) is 0 Å². The third-order valence-corrected chi connectivity index (χ3v) is 3.66. The van der Waals surface area contributed by atoms with Crippen LogP contribution in [-0.2, 0) is 0 Å². The van der Waals surface area contributed by atoms with Gasteiger partial charge >= 0.3 is 0 Å². The molecule has 2 aliphatic carbocycles. The lowest BCUT2D eigenvalue weighted by molar-refractivity contribution is 0.133. The van der Waals surface area contributed by atoms with Crippen molar-refractivity contribution in [3.8, 4) is 0 Å². The van der Waals surface area contributed by atoms with Gasteiger partial charge in [0.15, 0.2) is 0 Å². The molecule has 0 heterocycles. The van der Waals surface area contributed by atoms with Gasteiger partial charge < -0.3 is 0 Å². The summed E-state index contributed by atoms with van der Waals surface area (Å²) in [6.45, 7) is 2.45. The second-order valence-electron chi connectivity index (χ2n) is 4.35. The van der Waals surface area contributed by atoms with Gasteiger partial charge in [0.05, 0.1) is 0 Å². The molecule has 0 saturated heterocycles. The van der Waals surface area contributed by atoms with Crippen LogP contribution in [0.1, 0.15) is 45.4 Å². The zero-order chi connectivity index (χ0) is 6.97. The Bertz CT molecular complexity index is 115. The van der Waals surface area contributed by atoms with E-state index in [1.807, 2.05) is 0 Å². The van der Waals surface area contributed by atoms with Crippen molar-refractivity contribution in [2.24, 2.45) is 17.8 Å². The Kier molecular flexibility index (Phi) is 1.71. The first-order chi connectivity index (χ1) is 4.86. The third-order valence-electron chi connectivity index (χ3n) is 3.66. The summed E-state index contributed by atoms with van der Waals surface area (Å²) in [5.74, 6) is 3.30. The molecular formula is C10H18. The summed E-state index contributed by atoms with van der Waals surface area (Å²) in [6.07, 6.45) is 9.24. The molecule has 0 aromatic carbocycles. The van der Waals surface area contributed by atoms with E-state index in [9.17, 15) is 0 Å². The van der Waals surface area contributed by atoms with E-state index in [1.54, 1.807) is 12.8 Å². The summed E-state index contributed by atoms with van der Waals surface area (Å²) in [6, 6.07) is 0. The van der Waals surface area contributed by atoms with Crippen molar-refractivity contribution in [3.05, 3.63) is 0 Å². The van der Waals surface area contributed by atoms with E-state index in [2.05, 4.69) is 6.92 Å². The molecular weight excluding hydrogens is 120 g/mol. The molecule has 0 spiro atoms. The summed E-state index contributed by atoms with van der Waals surface area (Å²) in [5.41, 5.74) is 0. The Morgan fingerprint density at radius 2 is 1.90 bits per heavy atom. The lowest BCUT2D eigenvalue weighted by atomic mass is 9.67. The molecule has 2 aliphatic rings. The van der Waals surface area contributed by atoms with Crippen molar-refractivity contribution in [3.63, 3.8) is 0 Å². The predicted octanol–water partition coefficient (Wildman–Crippen LogP) is 3.22. The van der Waals surface area contributed by atoms with Gasteiger partial charge in [-0.1, -0.05) is 39.0 Å². The summed E-state index contributed by atoms with van der Waals surface area (Å²) in [4.78, 5) is 0. The molecule has 0 amide bonds. The number of fused-ring (bicyclic) bond motifs is 2. The molecule has 10 heavy (non-hydrogen) atoms. The summed E-state index contributed by atoms with van der Waals surface area (Å²) >= 11 is 0. The minimum absolute atomic E-state index is 1.05. The maximum atomic E-state index is 2.45. The average molecular weight is 138 g/mol. The van der Waals surface area contributed by atoms with Crippen LogP contribution in [0.25, 0.3) is 0 Å². The topological polar surface area (TPSA) is 0 Å². The van der Waals surface area contributed by atoms with Crippen molar-refractivity contribution in [1.29, 1.82) is 0 Å². The third kappa shape index (κ3) is 1.09. The minimum atomic E-state index is 1.05. The van der Waals surface area contributed by atoms with Gasteiger partial charge in [-0.05, 0) is 24.2 Å². The molecule has 2 saturated carbocycles. The smallest absolute Gasteiger partial charge is 0.0386 e. The van der Waals surface area contributed by atoms with Crippen LogP contribution >= 0.6 is 0 Å². The molecule has 0 nitrogen and oxygen atoms in total. The van der Waals surface area contributed by atoms with Crippen LogP contribution in [0.4, 0.5) is 0 Å². The highest BCUT2D eigenvalue weighted by atomic mass is 14.4.